The molecule has 4 nitrogen and oxygen atoms in total. The van der Waals surface area contributed by atoms with E-state index < -0.39 is 12.0 Å². The Kier molecular flexibility index (Phi) is 6.86. The molecule has 86 valence electrons. The van der Waals surface area contributed by atoms with Crippen molar-refractivity contribution >= 4 is 23.6 Å². The van der Waals surface area contributed by atoms with E-state index in [1.807, 2.05) is 19.9 Å². The highest BCUT2D eigenvalue weighted by Crippen LogP contribution is 2.05. The maximum absolute atomic E-state index is 10.7. The molecule has 1 unspecified atom stereocenters. The second kappa shape index (κ2) is 7.34. The predicted octanol–water partition coefficient (Wildman–Crippen LogP) is 1.28. The number of hydrogen-bond acceptors (Lipinski definition) is 3. The van der Waals surface area contributed by atoms with Gasteiger partial charge in [0.25, 0.3) is 0 Å². The minimum atomic E-state index is -0.991. The molecular weight excluding hydrogens is 214 g/mol. The number of hydrogen-bond donors (Lipinski definition) is 2. The van der Waals surface area contributed by atoms with E-state index in [1.165, 1.54) is 24.3 Å². The summed E-state index contributed by atoms with van der Waals surface area (Å²) in [6.45, 7) is 5.29. The molecule has 0 saturated heterocycles. The van der Waals surface area contributed by atoms with Crippen LogP contribution in [0.2, 0.25) is 0 Å². The van der Waals surface area contributed by atoms with Gasteiger partial charge < -0.3 is 10.4 Å². The molecule has 1 amide bonds. The quantitative estimate of drug-likeness (QED) is 0.534. The van der Waals surface area contributed by atoms with Crippen LogP contribution in [0.5, 0.6) is 0 Å². The zero-order valence-electron chi connectivity index (χ0n) is 9.24. The number of carbonyl (C=O) groups is 2. The van der Waals surface area contributed by atoms with E-state index in [0.29, 0.717) is 5.75 Å². The fourth-order valence-corrected chi connectivity index (χ4v) is 1.88. The van der Waals surface area contributed by atoms with E-state index in [2.05, 4.69) is 5.32 Å². The fraction of sp³-hybridized carbons (Fsp3) is 0.600. The third-order valence-electron chi connectivity index (χ3n) is 1.57. The molecule has 0 aromatic carbocycles. The Balaban J connectivity index is 3.92. The van der Waals surface area contributed by atoms with Crippen molar-refractivity contribution in [2.45, 2.75) is 26.8 Å². The Labute approximate surface area is 94.1 Å². The van der Waals surface area contributed by atoms with Crippen molar-refractivity contribution in [2.24, 2.45) is 0 Å². The molecule has 0 fully saturated rings. The average Bonchev–Trinajstić information content (AvgIpc) is 2.08. The lowest BCUT2D eigenvalue weighted by Crippen LogP contribution is -2.41. The first-order chi connectivity index (χ1) is 6.93. The first-order valence-electron chi connectivity index (χ1n) is 4.64. The van der Waals surface area contributed by atoms with Gasteiger partial charge in [0.2, 0.25) is 5.91 Å². The molecule has 0 aromatic heterocycles. The normalized spacial score (nSPS) is 11.7. The van der Waals surface area contributed by atoms with E-state index in [0.717, 1.165) is 5.75 Å². The molecule has 1 atom stereocenters. The van der Waals surface area contributed by atoms with Gasteiger partial charge in [0.15, 0.2) is 0 Å². The van der Waals surface area contributed by atoms with Crippen molar-refractivity contribution in [3.8, 4) is 0 Å². The van der Waals surface area contributed by atoms with E-state index in [1.54, 1.807) is 0 Å². The fourth-order valence-electron chi connectivity index (χ4n) is 0.832. The summed E-state index contributed by atoms with van der Waals surface area (Å²) in [7, 11) is 0. The van der Waals surface area contributed by atoms with Crippen molar-refractivity contribution in [3.63, 3.8) is 0 Å². The zero-order chi connectivity index (χ0) is 11.8. The van der Waals surface area contributed by atoms with Crippen LogP contribution in [-0.4, -0.2) is 34.5 Å². The second-order valence-electron chi connectivity index (χ2n) is 3.41. The maximum Gasteiger partial charge on any atom is 0.327 e. The Morgan fingerprint density at radius 1 is 1.40 bits per heavy atom. The lowest BCUT2D eigenvalue weighted by atomic mass is 10.3. The van der Waals surface area contributed by atoms with Crippen LogP contribution < -0.4 is 5.32 Å². The summed E-state index contributed by atoms with van der Waals surface area (Å²) in [6, 6.07) is -0.793. The van der Waals surface area contributed by atoms with Gasteiger partial charge in [-0.2, -0.15) is 11.8 Å². The van der Waals surface area contributed by atoms with Gasteiger partial charge in [0, 0.05) is 18.4 Å². The lowest BCUT2D eigenvalue weighted by Gasteiger charge is -2.11. The van der Waals surface area contributed by atoms with Gasteiger partial charge in [-0.25, -0.2) is 4.79 Å². The van der Waals surface area contributed by atoms with Crippen molar-refractivity contribution in [1.82, 2.24) is 5.32 Å². The smallest absolute Gasteiger partial charge is 0.327 e. The Morgan fingerprint density at radius 2 is 2.00 bits per heavy atom. The van der Waals surface area contributed by atoms with Crippen molar-refractivity contribution in [3.05, 3.63) is 11.6 Å². The van der Waals surface area contributed by atoms with Crippen LogP contribution in [0.3, 0.4) is 0 Å². The van der Waals surface area contributed by atoms with Crippen molar-refractivity contribution < 1.29 is 14.7 Å². The van der Waals surface area contributed by atoms with Gasteiger partial charge in [0.1, 0.15) is 6.04 Å². The van der Waals surface area contributed by atoms with Gasteiger partial charge in [-0.05, 0) is 13.8 Å². The number of carboxylic acids is 1. The van der Waals surface area contributed by atoms with Crippen LogP contribution in [-0.2, 0) is 9.59 Å². The number of thioether (sulfide) groups is 1. The Bertz CT molecular complexity index is 259. The number of carboxylic acid groups (broad SMARTS) is 1. The van der Waals surface area contributed by atoms with Crippen molar-refractivity contribution in [1.29, 1.82) is 0 Å². The van der Waals surface area contributed by atoms with E-state index in [-0.39, 0.29) is 5.91 Å². The predicted molar refractivity (Wildman–Crippen MR) is 62.0 cm³/mol. The monoisotopic (exact) mass is 231 g/mol. The Hall–Kier alpha value is -0.970. The van der Waals surface area contributed by atoms with Crippen molar-refractivity contribution in [2.75, 3.05) is 11.5 Å². The summed E-state index contributed by atoms with van der Waals surface area (Å²) in [5.74, 6) is -0.148. The number of amides is 1. The SMILES string of the molecule is CC(=O)NC(CSCC=C(C)C)C(=O)O. The number of carbonyl (C=O) groups excluding carboxylic acids is 1. The molecule has 0 aliphatic rings. The van der Waals surface area contributed by atoms with Crippen LogP contribution in [0.25, 0.3) is 0 Å². The van der Waals surface area contributed by atoms with E-state index in [4.69, 9.17) is 5.11 Å². The third kappa shape index (κ3) is 8.05. The zero-order valence-corrected chi connectivity index (χ0v) is 10.1. The molecule has 0 rings (SSSR count). The molecule has 0 radical (unpaired) electrons. The number of nitrogens with one attached hydrogen (secondary N) is 1. The van der Waals surface area contributed by atoms with Crippen LogP contribution in [0.4, 0.5) is 0 Å². The minimum absolute atomic E-state index is 0.315. The van der Waals surface area contributed by atoms with E-state index >= 15 is 0 Å². The molecule has 0 heterocycles. The number of rotatable bonds is 6. The largest absolute Gasteiger partial charge is 0.480 e. The van der Waals surface area contributed by atoms with E-state index in [9.17, 15) is 9.59 Å². The van der Waals surface area contributed by atoms with Gasteiger partial charge >= 0.3 is 5.97 Å². The number of aliphatic carboxylic acids is 1. The van der Waals surface area contributed by atoms with Gasteiger partial charge in [-0.1, -0.05) is 11.6 Å². The van der Waals surface area contributed by atoms with Crippen LogP contribution in [0, 0.1) is 0 Å². The third-order valence-corrected chi connectivity index (χ3v) is 2.54. The minimum Gasteiger partial charge on any atom is -0.480 e. The highest BCUT2D eigenvalue weighted by Gasteiger charge is 2.17. The highest BCUT2D eigenvalue weighted by molar-refractivity contribution is 7.99. The average molecular weight is 231 g/mol. The standard InChI is InChI=1S/C10H17NO3S/c1-7(2)4-5-15-6-9(10(13)14)11-8(3)12/h4,9H,5-6H2,1-3H3,(H,11,12)(H,13,14). The first-order valence-corrected chi connectivity index (χ1v) is 5.80. The van der Waals surface area contributed by atoms with Gasteiger partial charge in [-0.15, -0.1) is 0 Å². The van der Waals surface area contributed by atoms with Crippen LogP contribution >= 0.6 is 11.8 Å². The molecular formula is C10H17NO3S. The molecule has 5 heteroatoms. The van der Waals surface area contributed by atoms with Crippen LogP contribution in [0.15, 0.2) is 11.6 Å². The molecule has 0 saturated carbocycles. The molecule has 2 N–H and O–H groups in total. The Morgan fingerprint density at radius 3 is 2.40 bits per heavy atom. The molecule has 0 aliphatic heterocycles. The highest BCUT2D eigenvalue weighted by atomic mass is 32.2. The number of allylic oxidation sites excluding steroid dienone is 1. The summed E-state index contributed by atoms with van der Waals surface area (Å²) in [6.07, 6.45) is 2.03. The molecule has 0 aromatic rings. The molecule has 0 bridgehead atoms. The first kappa shape index (κ1) is 14.0. The lowest BCUT2D eigenvalue weighted by molar-refractivity contribution is -0.140. The second-order valence-corrected chi connectivity index (χ2v) is 4.49. The van der Waals surface area contributed by atoms with Crippen LogP contribution in [0.1, 0.15) is 20.8 Å². The summed E-state index contributed by atoms with van der Waals surface area (Å²) in [5, 5.41) is 11.2. The van der Waals surface area contributed by atoms with Gasteiger partial charge in [0.05, 0.1) is 0 Å². The maximum atomic E-state index is 10.7. The summed E-state index contributed by atoms with van der Waals surface area (Å²) >= 11 is 1.49. The topological polar surface area (TPSA) is 66.4 Å². The molecule has 15 heavy (non-hydrogen) atoms. The summed E-state index contributed by atoms with van der Waals surface area (Å²) in [4.78, 5) is 21.4. The molecule has 0 aliphatic carbocycles. The van der Waals surface area contributed by atoms with Gasteiger partial charge in [-0.3, -0.25) is 4.79 Å². The summed E-state index contributed by atoms with van der Waals surface area (Å²) in [5.41, 5.74) is 1.20. The summed E-state index contributed by atoms with van der Waals surface area (Å²) < 4.78 is 0. The molecule has 0 spiro atoms.